The SMILES string of the molecule is CC1(CNC(=O)OC(C)(C)C)CCN(c2cnc(Oc3cccc(N)c3Cl)cn2)CC1. The van der Waals surface area contributed by atoms with Gasteiger partial charge >= 0.3 is 6.09 Å². The fourth-order valence-electron chi connectivity index (χ4n) is 3.30. The molecule has 1 aromatic carbocycles. The van der Waals surface area contributed by atoms with Gasteiger partial charge in [-0.15, -0.1) is 0 Å². The van der Waals surface area contributed by atoms with E-state index >= 15 is 0 Å². The van der Waals surface area contributed by atoms with E-state index in [2.05, 4.69) is 27.1 Å². The van der Waals surface area contributed by atoms with Crippen molar-refractivity contribution in [2.45, 2.75) is 46.1 Å². The van der Waals surface area contributed by atoms with Gasteiger partial charge in [0.1, 0.15) is 22.2 Å². The molecule has 1 fully saturated rings. The second-order valence-electron chi connectivity index (χ2n) is 9.13. The highest BCUT2D eigenvalue weighted by atomic mass is 35.5. The van der Waals surface area contributed by atoms with Crippen LogP contribution in [0.15, 0.2) is 30.6 Å². The molecule has 2 aromatic rings. The summed E-state index contributed by atoms with van der Waals surface area (Å²) in [6, 6.07) is 5.20. The van der Waals surface area contributed by atoms with Crippen molar-refractivity contribution < 1.29 is 14.3 Å². The number of nitrogen functional groups attached to an aromatic ring is 1. The average molecular weight is 448 g/mol. The summed E-state index contributed by atoms with van der Waals surface area (Å²) in [4.78, 5) is 23.0. The number of hydrogen-bond donors (Lipinski definition) is 2. The first kappa shape index (κ1) is 22.9. The van der Waals surface area contributed by atoms with Gasteiger partial charge in [0, 0.05) is 19.6 Å². The van der Waals surface area contributed by atoms with Crippen LogP contribution in [0.3, 0.4) is 0 Å². The molecule has 0 unspecified atom stereocenters. The topological polar surface area (TPSA) is 103 Å². The van der Waals surface area contributed by atoms with Gasteiger partial charge in [-0.05, 0) is 51.2 Å². The zero-order valence-corrected chi connectivity index (χ0v) is 19.2. The second kappa shape index (κ2) is 9.18. The Hall–Kier alpha value is -2.74. The summed E-state index contributed by atoms with van der Waals surface area (Å²) in [7, 11) is 0. The number of nitrogens with two attached hydrogens (primary N) is 1. The van der Waals surface area contributed by atoms with Crippen molar-refractivity contribution >= 4 is 29.2 Å². The molecule has 9 heteroatoms. The zero-order valence-electron chi connectivity index (χ0n) is 18.4. The van der Waals surface area contributed by atoms with E-state index in [1.807, 2.05) is 20.8 Å². The van der Waals surface area contributed by atoms with E-state index in [0.717, 1.165) is 31.7 Å². The van der Waals surface area contributed by atoms with Gasteiger partial charge in [-0.2, -0.15) is 0 Å². The third-order valence-electron chi connectivity index (χ3n) is 5.18. The fraction of sp³-hybridized carbons (Fsp3) is 0.500. The van der Waals surface area contributed by atoms with Crippen LogP contribution in [0, 0.1) is 5.41 Å². The summed E-state index contributed by atoms with van der Waals surface area (Å²) >= 11 is 6.16. The Balaban J connectivity index is 1.52. The number of anilines is 2. The number of ether oxygens (including phenoxy) is 2. The highest BCUT2D eigenvalue weighted by Crippen LogP contribution is 2.34. The van der Waals surface area contributed by atoms with Crippen molar-refractivity contribution in [3.63, 3.8) is 0 Å². The Morgan fingerprint density at radius 2 is 1.97 bits per heavy atom. The number of hydrogen-bond acceptors (Lipinski definition) is 7. The minimum atomic E-state index is -0.499. The zero-order chi connectivity index (χ0) is 22.6. The van der Waals surface area contributed by atoms with Crippen LogP contribution in [0.5, 0.6) is 11.6 Å². The summed E-state index contributed by atoms with van der Waals surface area (Å²) in [5, 5.41) is 3.25. The number of carbonyl (C=O) groups is 1. The number of halogens is 1. The molecule has 2 heterocycles. The Morgan fingerprint density at radius 3 is 2.58 bits per heavy atom. The first-order valence-corrected chi connectivity index (χ1v) is 10.7. The van der Waals surface area contributed by atoms with Crippen LogP contribution in [0.1, 0.15) is 40.5 Å². The van der Waals surface area contributed by atoms with Crippen molar-refractivity contribution in [1.29, 1.82) is 0 Å². The third-order valence-corrected chi connectivity index (χ3v) is 5.58. The van der Waals surface area contributed by atoms with Crippen molar-refractivity contribution in [3.05, 3.63) is 35.6 Å². The van der Waals surface area contributed by atoms with Gasteiger partial charge in [-0.1, -0.05) is 24.6 Å². The van der Waals surface area contributed by atoms with Crippen molar-refractivity contribution in [2.24, 2.45) is 5.41 Å². The summed E-state index contributed by atoms with van der Waals surface area (Å²) in [6.45, 7) is 9.97. The number of piperidine rings is 1. The van der Waals surface area contributed by atoms with Crippen LogP contribution in [0.2, 0.25) is 5.02 Å². The fourth-order valence-corrected chi connectivity index (χ4v) is 3.46. The molecule has 0 atom stereocenters. The molecule has 1 amide bonds. The first-order chi connectivity index (χ1) is 14.5. The number of alkyl carbamates (subject to hydrolysis) is 1. The molecule has 0 bridgehead atoms. The molecule has 1 aliphatic rings. The van der Waals surface area contributed by atoms with E-state index in [1.54, 1.807) is 30.6 Å². The van der Waals surface area contributed by atoms with Gasteiger partial charge in [-0.3, -0.25) is 0 Å². The maximum absolute atomic E-state index is 11.9. The number of amides is 1. The predicted molar refractivity (Wildman–Crippen MR) is 122 cm³/mol. The number of rotatable bonds is 5. The minimum absolute atomic E-state index is 0.00781. The molecule has 0 aliphatic carbocycles. The van der Waals surface area contributed by atoms with Crippen LogP contribution >= 0.6 is 11.6 Å². The number of benzene rings is 1. The minimum Gasteiger partial charge on any atom is -0.444 e. The predicted octanol–water partition coefficient (Wildman–Crippen LogP) is 4.64. The molecule has 1 saturated heterocycles. The van der Waals surface area contributed by atoms with E-state index in [9.17, 15) is 4.79 Å². The van der Waals surface area contributed by atoms with Gasteiger partial charge < -0.3 is 25.4 Å². The molecule has 1 aliphatic heterocycles. The van der Waals surface area contributed by atoms with Gasteiger partial charge in [0.25, 0.3) is 0 Å². The largest absolute Gasteiger partial charge is 0.444 e. The molecule has 168 valence electrons. The quantitative estimate of drug-likeness (QED) is 0.643. The summed E-state index contributed by atoms with van der Waals surface area (Å²) in [5.41, 5.74) is 5.75. The normalized spacial score (nSPS) is 16.0. The third kappa shape index (κ3) is 6.37. The standard InChI is InChI=1S/C22H30ClN5O3/c1-21(2,3)31-20(29)27-14-22(4)8-10-28(11-9-22)17-12-26-18(13-25-17)30-16-7-5-6-15(24)19(16)23/h5-7,12-13H,8-11,14,24H2,1-4H3,(H,27,29). The highest BCUT2D eigenvalue weighted by molar-refractivity contribution is 6.34. The van der Waals surface area contributed by atoms with Gasteiger partial charge in [-0.25, -0.2) is 14.8 Å². The molecular weight excluding hydrogens is 418 g/mol. The Labute approximate surface area is 188 Å². The molecule has 0 radical (unpaired) electrons. The van der Waals surface area contributed by atoms with E-state index in [4.69, 9.17) is 26.8 Å². The molecule has 0 saturated carbocycles. The second-order valence-corrected chi connectivity index (χ2v) is 9.51. The lowest BCUT2D eigenvalue weighted by Gasteiger charge is -2.40. The maximum atomic E-state index is 11.9. The van der Waals surface area contributed by atoms with Gasteiger partial charge in [0.05, 0.1) is 18.1 Å². The number of aromatic nitrogens is 2. The summed E-state index contributed by atoms with van der Waals surface area (Å²) < 4.78 is 11.0. The number of nitrogens with zero attached hydrogens (tertiary/aromatic N) is 3. The molecule has 8 nitrogen and oxygen atoms in total. The summed E-state index contributed by atoms with van der Waals surface area (Å²) in [5.74, 6) is 1.57. The van der Waals surface area contributed by atoms with Crippen LogP contribution in [0.25, 0.3) is 0 Å². The molecule has 0 spiro atoms. The van der Waals surface area contributed by atoms with Crippen molar-refractivity contribution in [2.75, 3.05) is 30.3 Å². The number of nitrogens with one attached hydrogen (secondary N) is 1. The number of carbonyl (C=O) groups excluding carboxylic acids is 1. The first-order valence-electron chi connectivity index (χ1n) is 10.3. The van der Waals surface area contributed by atoms with Crippen LogP contribution in [-0.4, -0.2) is 41.3 Å². The van der Waals surface area contributed by atoms with E-state index in [1.165, 1.54) is 0 Å². The summed E-state index contributed by atoms with van der Waals surface area (Å²) in [6.07, 6.45) is 4.73. The molecule has 31 heavy (non-hydrogen) atoms. The lowest BCUT2D eigenvalue weighted by Crippen LogP contribution is -2.45. The Morgan fingerprint density at radius 1 is 1.26 bits per heavy atom. The molecule has 3 rings (SSSR count). The van der Waals surface area contributed by atoms with Gasteiger partial charge in [0.2, 0.25) is 5.88 Å². The lowest BCUT2D eigenvalue weighted by molar-refractivity contribution is 0.0495. The van der Waals surface area contributed by atoms with Crippen LogP contribution < -0.4 is 20.7 Å². The van der Waals surface area contributed by atoms with Crippen molar-refractivity contribution in [1.82, 2.24) is 15.3 Å². The molecule has 1 aromatic heterocycles. The monoisotopic (exact) mass is 447 g/mol. The maximum Gasteiger partial charge on any atom is 0.407 e. The smallest absolute Gasteiger partial charge is 0.407 e. The van der Waals surface area contributed by atoms with E-state index < -0.39 is 5.60 Å². The van der Waals surface area contributed by atoms with Gasteiger partial charge in [0.15, 0.2) is 0 Å². The Bertz CT molecular complexity index is 906. The molecular formula is C22H30ClN5O3. The van der Waals surface area contributed by atoms with E-state index in [0.29, 0.717) is 28.9 Å². The highest BCUT2D eigenvalue weighted by Gasteiger charge is 2.31. The van der Waals surface area contributed by atoms with Crippen molar-refractivity contribution in [3.8, 4) is 11.6 Å². The van der Waals surface area contributed by atoms with Crippen LogP contribution in [-0.2, 0) is 4.74 Å². The molecule has 3 N–H and O–H groups in total. The lowest BCUT2D eigenvalue weighted by atomic mass is 9.80. The average Bonchev–Trinajstić information content (AvgIpc) is 2.70. The Kier molecular flexibility index (Phi) is 6.79. The van der Waals surface area contributed by atoms with Crippen LogP contribution in [0.4, 0.5) is 16.3 Å². The van der Waals surface area contributed by atoms with E-state index in [-0.39, 0.29) is 11.5 Å².